The van der Waals surface area contributed by atoms with Crippen molar-refractivity contribution in [2.45, 2.75) is 58.3 Å². The summed E-state index contributed by atoms with van der Waals surface area (Å²) in [6, 6.07) is 22.5. The summed E-state index contributed by atoms with van der Waals surface area (Å²) in [5.74, 6) is -0.671. The number of anilines is 3. The second-order valence-corrected chi connectivity index (χ2v) is 13.4. The van der Waals surface area contributed by atoms with Crippen LogP contribution in [-0.4, -0.2) is 84.5 Å². The van der Waals surface area contributed by atoms with Crippen molar-refractivity contribution in [1.29, 1.82) is 0 Å². The Balaban J connectivity index is 1.37. The number of carbonyl (C=O) groups is 3. The van der Waals surface area contributed by atoms with Crippen LogP contribution in [-0.2, 0) is 4.74 Å². The number of hydrogen-bond donors (Lipinski definition) is 4. The number of nitrogens with one attached hydrogen (secondary N) is 3. The Morgan fingerprint density at radius 2 is 1.69 bits per heavy atom. The van der Waals surface area contributed by atoms with Gasteiger partial charge in [-0.2, -0.15) is 0 Å². The zero-order valence-electron chi connectivity index (χ0n) is 30.1. The quantitative estimate of drug-likeness (QED) is 0.156. The number of hydrogen-bond acceptors (Lipinski definition) is 6. The average Bonchev–Trinajstić information content (AvgIpc) is 3.13. The minimum Gasteiger partial charge on any atom is -0.490 e. The third-order valence-electron chi connectivity index (χ3n) is 9.24. The molecule has 0 aliphatic carbocycles. The van der Waals surface area contributed by atoms with E-state index in [2.05, 4.69) is 16.0 Å². The van der Waals surface area contributed by atoms with E-state index in [1.54, 1.807) is 37.1 Å². The molecular weight excluding hydrogens is 665 g/mol. The average molecular weight is 714 g/mol. The highest BCUT2D eigenvalue weighted by atomic mass is 19.1. The van der Waals surface area contributed by atoms with Crippen LogP contribution in [0.1, 0.15) is 50.4 Å². The van der Waals surface area contributed by atoms with Crippen LogP contribution in [0.15, 0.2) is 84.9 Å². The first kappa shape index (κ1) is 38.0. The summed E-state index contributed by atoms with van der Waals surface area (Å²) in [6.07, 6.45) is 1.62. The number of fused-ring (bicyclic) bond motifs is 2. The smallest absolute Gasteiger partial charge is 0.323 e. The van der Waals surface area contributed by atoms with E-state index in [1.165, 1.54) is 29.2 Å². The summed E-state index contributed by atoms with van der Waals surface area (Å²) in [5.41, 5.74) is 1.74. The normalized spacial score (nSPS) is 19.1. The molecule has 0 aromatic heterocycles. The van der Waals surface area contributed by atoms with Gasteiger partial charge in [0.2, 0.25) is 0 Å². The number of likely N-dealkylation sites (N-methyl/N-ethyl adjacent to an activating group) is 1. The van der Waals surface area contributed by atoms with E-state index in [0.717, 1.165) is 23.6 Å². The van der Waals surface area contributed by atoms with Gasteiger partial charge in [0.1, 0.15) is 11.6 Å². The topological polar surface area (TPSA) is 132 Å². The lowest BCUT2D eigenvalue weighted by Crippen LogP contribution is -2.48. The van der Waals surface area contributed by atoms with Crippen LogP contribution in [0, 0.1) is 11.7 Å². The van der Waals surface area contributed by atoms with E-state index in [-0.39, 0.29) is 49.2 Å². The Hall–Kier alpha value is -5.20. The molecule has 1 aliphatic heterocycles. The van der Waals surface area contributed by atoms with Crippen molar-refractivity contribution in [1.82, 2.24) is 9.80 Å². The Bertz CT molecular complexity index is 1830. The second-order valence-electron chi connectivity index (χ2n) is 13.4. The van der Waals surface area contributed by atoms with Crippen LogP contribution < -0.4 is 20.7 Å². The molecule has 4 aromatic rings. The molecule has 276 valence electrons. The molecule has 0 bridgehead atoms. The van der Waals surface area contributed by atoms with Crippen LogP contribution in [0.25, 0.3) is 10.8 Å². The molecule has 11 nitrogen and oxygen atoms in total. The van der Waals surface area contributed by atoms with Crippen LogP contribution in [0.2, 0.25) is 0 Å². The fourth-order valence-electron chi connectivity index (χ4n) is 6.19. The summed E-state index contributed by atoms with van der Waals surface area (Å²) < 4.78 is 26.1. The summed E-state index contributed by atoms with van der Waals surface area (Å²) in [7, 11) is 1.65. The first-order valence-corrected chi connectivity index (χ1v) is 17.7. The molecule has 4 N–H and O–H groups in total. The van der Waals surface area contributed by atoms with Gasteiger partial charge in [-0.15, -0.1) is 0 Å². The van der Waals surface area contributed by atoms with Gasteiger partial charge >= 0.3 is 12.1 Å². The van der Waals surface area contributed by atoms with Gasteiger partial charge in [-0.1, -0.05) is 43.3 Å². The fourth-order valence-corrected chi connectivity index (χ4v) is 6.19. The molecule has 5 amide bonds. The van der Waals surface area contributed by atoms with Gasteiger partial charge in [-0.25, -0.2) is 14.0 Å². The fraction of sp³-hybridized carbons (Fsp3) is 0.375. The van der Waals surface area contributed by atoms with Crippen LogP contribution in [0.4, 0.5) is 31.0 Å². The van der Waals surface area contributed by atoms with Crippen LogP contribution in [0.5, 0.6) is 5.75 Å². The molecule has 0 unspecified atom stereocenters. The van der Waals surface area contributed by atoms with Gasteiger partial charge in [0.25, 0.3) is 5.91 Å². The Morgan fingerprint density at radius 1 is 0.962 bits per heavy atom. The third-order valence-corrected chi connectivity index (χ3v) is 9.24. The van der Waals surface area contributed by atoms with Gasteiger partial charge in [0.15, 0.2) is 0 Å². The molecular formula is C40H48FN5O6. The Kier molecular flexibility index (Phi) is 13.0. The number of ether oxygens (including phenoxy) is 2. The third kappa shape index (κ3) is 9.98. The second kappa shape index (κ2) is 17.8. The molecule has 4 atom stereocenters. The first-order chi connectivity index (χ1) is 25.0. The Morgan fingerprint density at radius 3 is 2.46 bits per heavy atom. The van der Waals surface area contributed by atoms with Gasteiger partial charge < -0.3 is 40.3 Å². The highest BCUT2D eigenvalue weighted by Gasteiger charge is 2.31. The predicted molar refractivity (Wildman–Crippen MR) is 202 cm³/mol. The van der Waals surface area contributed by atoms with E-state index >= 15 is 0 Å². The van der Waals surface area contributed by atoms with Gasteiger partial charge in [0, 0.05) is 49.4 Å². The number of urea groups is 2. The lowest BCUT2D eigenvalue weighted by Gasteiger charge is -2.35. The minimum absolute atomic E-state index is 0.201. The lowest BCUT2D eigenvalue weighted by molar-refractivity contribution is -0.0115. The SMILES string of the molecule is C[C@@H]1CCCCO[C@@H](CN(C)C(=O)Nc2ccc(F)cc2)[C@@H](C)CN([C@@H](C)CO)C(=O)c2cc(NC(=O)Nc3cccc4ccccc34)ccc2O1. The van der Waals surface area contributed by atoms with Gasteiger partial charge in [-0.3, -0.25) is 4.79 Å². The van der Waals surface area contributed by atoms with Gasteiger partial charge in [-0.05, 0) is 87.0 Å². The molecule has 5 rings (SSSR count). The Labute approximate surface area is 304 Å². The number of halogens is 1. The van der Waals surface area contributed by atoms with Crippen LogP contribution in [0.3, 0.4) is 0 Å². The minimum atomic E-state index is -0.570. The van der Waals surface area contributed by atoms with Crippen molar-refractivity contribution in [3.8, 4) is 5.75 Å². The number of benzene rings is 4. The van der Waals surface area contributed by atoms with E-state index in [9.17, 15) is 23.9 Å². The molecule has 0 spiro atoms. The molecule has 1 aliphatic rings. The maximum absolute atomic E-state index is 14.5. The number of rotatable bonds is 7. The zero-order valence-corrected chi connectivity index (χ0v) is 30.1. The van der Waals surface area contributed by atoms with Crippen molar-refractivity contribution in [2.24, 2.45) is 5.92 Å². The highest BCUT2D eigenvalue weighted by Crippen LogP contribution is 2.29. The summed E-state index contributed by atoms with van der Waals surface area (Å²) in [5, 5.41) is 20.7. The maximum atomic E-state index is 14.5. The van der Waals surface area contributed by atoms with Crippen molar-refractivity contribution < 1.29 is 33.4 Å². The van der Waals surface area contributed by atoms with Crippen molar-refractivity contribution in [2.75, 3.05) is 49.3 Å². The number of aliphatic hydroxyl groups is 1. The summed E-state index contributed by atoms with van der Waals surface area (Å²) in [6.45, 7) is 6.23. The monoisotopic (exact) mass is 713 g/mol. The molecule has 0 fully saturated rings. The largest absolute Gasteiger partial charge is 0.490 e. The molecule has 0 saturated heterocycles. The number of amides is 5. The number of aliphatic hydroxyl groups excluding tert-OH is 1. The molecule has 52 heavy (non-hydrogen) atoms. The molecule has 1 heterocycles. The predicted octanol–water partition coefficient (Wildman–Crippen LogP) is 7.58. The molecule has 0 saturated carbocycles. The van der Waals surface area contributed by atoms with Crippen LogP contribution >= 0.6 is 0 Å². The highest BCUT2D eigenvalue weighted by molar-refractivity contribution is 6.07. The summed E-state index contributed by atoms with van der Waals surface area (Å²) in [4.78, 5) is 43.8. The number of carbonyl (C=O) groups excluding carboxylic acids is 3. The summed E-state index contributed by atoms with van der Waals surface area (Å²) >= 11 is 0. The first-order valence-electron chi connectivity index (χ1n) is 17.7. The van der Waals surface area contributed by atoms with Gasteiger partial charge in [0.05, 0.1) is 36.1 Å². The number of nitrogens with zero attached hydrogens (tertiary/aromatic N) is 2. The van der Waals surface area contributed by atoms with E-state index < -0.39 is 24.0 Å². The maximum Gasteiger partial charge on any atom is 0.323 e. The zero-order chi connectivity index (χ0) is 37.2. The van der Waals surface area contributed by atoms with Crippen molar-refractivity contribution in [3.63, 3.8) is 0 Å². The van der Waals surface area contributed by atoms with Crippen molar-refractivity contribution >= 4 is 45.8 Å². The standard InChI is InChI=1S/C40H48FN5O6/c1-26-23-46(27(2)25-47)38(48)34-22-32(42-39(49)44-35-14-9-12-29-11-5-6-13-33(29)35)19-20-36(34)52-28(3)10-7-8-21-51-37(26)24-45(4)40(50)43-31-17-15-30(41)16-18-31/h5-6,9,11-20,22,26-28,37,47H,7-8,10,21,23-25H2,1-4H3,(H,43,50)(H2,42,44,49)/t26-,27-,28+,37-/m0/s1. The molecule has 12 heteroatoms. The van der Waals surface area contributed by atoms with E-state index in [1.807, 2.05) is 56.3 Å². The van der Waals surface area contributed by atoms with Crippen molar-refractivity contribution in [3.05, 3.63) is 96.3 Å². The van der Waals surface area contributed by atoms with E-state index in [4.69, 9.17) is 9.47 Å². The van der Waals surface area contributed by atoms with E-state index in [0.29, 0.717) is 35.8 Å². The molecule has 4 aromatic carbocycles. The lowest BCUT2D eigenvalue weighted by atomic mass is 10.0. The molecule has 0 radical (unpaired) electrons.